The first-order chi connectivity index (χ1) is 20.5. The molecule has 0 radical (unpaired) electrons. The van der Waals surface area contributed by atoms with Crippen LogP contribution in [0.15, 0.2) is 67.5 Å². The number of fused-ring (bicyclic) bond motifs is 2. The Morgan fingerprint density at radius 3 is 2.69 bits per heavy atom. The largest absolute Gasteiger partial charge is 0.357 e. The maximum absolute atomic E-state index is 15.0. The van der Waals surface area contributed by atoms with E-state index in [-0.39, 0.29) is 22.3 Å². The monoisotopic (exact) mass is 579 g/mol. The van der Waals surface area contributed by atoms with Gasteiger partial charge in [-0.2, -0.15) is 0 Å². The van der Waals surface area contributed by atoms with E-state index >= 15 is 0 Å². The summed E-state index contributed by atoms with van der Waals surface area (Å²) in [6.07, 6.45) is 8.55. The molecule has 42 heavy (non-hydrogen) atoms. The Kier molecular flexibility index (Phi) is 5.44. The molecule has 0 atom stereocenters. The maximum atomic E-state index is 15.0. The zero-order chi connectivity index (χ0) is 28.4. The summed E-state index contributed by atoms with van der Waals surface area (Å²) in [6.45, 7) is 1.41. The molecule has 1 saturated heterocycles. The van der Waals surface area contributed by atoms with E-state index in [4.69, 9.17) is 0 Å². The lowest BCUT2D eigenvalue weighted by Gasteiger charge is -2.42. The third kappa shape index (κ3) is 3.80. The second kappa shape index (κ2) is 9.24. The first-order valence-electron chi connectivity index (χ1n) is 13.5. The quantitative estimate of drug-likeness (QED) is 0.240. The lowest BCUT2D eigenvalue weighted by Crippen LogP contribution is -2.58. The van der Waals surface area contributed by atoms with Gasteiger partial charge in [0.1, 0.15) is 12.1 Å². The number of nitrogens with one attached hydrogen (secondary N) is 1. The van der Waals surface area contributed by atoms with Crippen molar-refractivity contribution < 1.29 is 14.0 Å². The molecule has 1 aliphatic carbocycles. The van der Waals surface area contributed by atoms with Gasteiger partial charge in [-0.25, -0.2) is 24.0 Å². The molecule has 13 heteroatoms. The smallest absolute Gasteiger partial charge is 0.295 e. The van der Waals surface area contributed by atoms with Crippen LogP contribution < -0.4 is 4.90 Å². The number of piperazine rings is 1. The molecule has 208 valence electrons. The van der Waals surface area contributed by atoms with Crippen molar-refractivity contribution in [2.45, 2.75) is 18.4 Å². The molecule has 1 N–H and O–H groups in total. The fourth-order valence-corrected chi connectivity index (χ4v) is 7.00. The van der Waals surface area contributed by atoms with Crippen LogP contribution in [-0.2, 0) is 4.79 Å². The number of pyridine rings is 1. The number of aromatic amines is 1. The number of ketones is 1. The highest BCUT2D eigenvalue weighted by molar-refractivity contribution is 7.22. The Labute approximate surface area is 241 Å². The van der Waals surface area contributed by atoms with Crippen LogP contribution in [0.5, 0.6) is 0 Å². The van der Waals surface area contributed by atoms with Crippen LogP contribution in [0.1, 0.15) is 23.2 Å². The van der Waals surface area contributed by atoms with Gasteiger partial charge in [-0.15, -0.1) is 16.4 Å². The van der Waals surface area contributed by atoms with Crippen molar-refractivity contribution in [3.63, 3.8) is 0 Å². The van der Waals surface area contributed by atoms with Crippen molar-refractivity contribution in [1.29, 1.82) is 0 Å². The van der Waals surface area contributed by atoms with Crippen molar-refractivity contribution in [3.8, 4) is 16.3 Å². The number of amides is 1. The van der Waals surface area contributed by atoms with Gasteiger partial charge in [0.05, 0.1) is 50.8 Å². The minimum atomic E-state index is -0.759. The van der Waals surface area contributed by atoms with Gasteiger partial charge in [0.25, 0.3) is 11.7 Å². The van der Waals surface area contributed by atoms with Gasteiger partial charge in [0, 0.05) is 30.7 Å². The maximum Gasteiger partial charge on any atom is 0.295 e. The van der Waals surface area contributed by atoms with E-state index in [1.54, 1.807) is 28.8 Å². The SMILES string of the molecule is O=C(C(=O)N1CCN(c2ncnc3cc(-c4ccccc4)sc23)CC12CC2)c1c[nH]c2c(-n3ccnn3)ncc(F)c12. The second-order valence-corrected chi connectivity index (χ2v) is 11.6. The summed E-state index contributed by atoms with van der Waals surface area (Å²) in [4.78, 5) is 48.4. The summed E-state index contributed by atoms with van der Waals surface area (Å²) in [6, 6.07) is 12.2. The molecular weight excluding hydrogens is 557 g/mol. The molecule has 1 aromatic carbocycles. The molecule has 5 aromatic heterocycles. The average molecular weight is 580 g/mol. The number of hydrogen-bond acceptors (Lipinski definition) is 9. The normalized spacial score (nSPS) is 16.0. The Morgan fingerprint density at radius 1 is 1.05 bits per heavy atom. The number of carbonyl (C=O) groups is 2. The molecule has 2 fully saturated rings. The third-order valence-corrected chi connectivity index (χ3v) is 9.26. The predicted octanol–water partition coefficient (Wildman–Crippen LogP) is 4.02. The fourth-order valence-electron chi connectivity index (χ4n) is 5.87. The first-order valence-corrected chi connectivity index (χ1v) is 14.3. The van der Waals surface area contributed by atoms with E-state index in [0.717, 1.165) is 45.5 Å². The van der Waals surface area contributed by atoms with Crippen LogP contribution in [0.2, 0.25) is 0 Å². The molecule has 1 saturated carbocycles. The van der Waals surface area contributed by atoms with E-state index in [0.29, 0.717) is 19.6 Å². The first kappa shape index (κ1) is 24.7. The third-order valence-electron chi connectivity index (χ3n) is 8.10. The lowest BCUT2D eigenvalue weighted by molar-refractivity contribution is -0.129. The molecule has 1 amide bonds. The van der Waals surface area contributed by atoms with Gasteiger partial charge < -0.3 is 14.8 Å². The Bertz CT molecular complexity index is 2000. The topological polar surface area (TPSA) is 126 Å². The van der Waals surface area contributed by atoms with Crippen LogP contribution in [0.3, 0.4) is 0 Å². The van der Waals surface area contributed by atoms with Gasteiger partial charge in [0.15, 0.2) is 11.6 Å². The summed E-state index contributed by atoms with van der Waals surface area (Å²) < 4.78 is 17.3. The summed E-state index contributed by atoms with van der Waals surface area (Å²) in [5, 5.41) is 7.69. The summed E-state index contributed by atoms with van der Waals surface area (Å²) in [5.41, 5.74) is 1.76. The average Bonchev–Trinajstić information content (AvgIpc) is 3.44. The molecule has 8 rings (SSSR count). The van der Waals surface area contributed by atoms with Gasteiger partial charge in [-0.1, -0.05) is 35.5 Å². The lowest BCUT2D eigenvalue weighted by atomic mass is 10.0. The summed E-state index contributed by atoms with van der Waals surface area (Å²) in [5.74, 6) is -0.977. The Morgan fingerprint density at radius 2 is 1.90 bits per heavy atom. The predicted molar refractivity (Wildman–Crippen MR) is 154 cm³/mol. The minimum Gasteiger partial charge on any atom is -0.357 e. The highest BCUT2D eigenvalue weighted by Crippen LogP contribution is 2.46. The van der Waals surface area contributed by atoms with E-state index in [1.165, 1.54) is 17.1 Å². The van der Waals surface area contributed by atoms with E-state index in [1.807, 2.05) is 18.2 Å². The van der Waals surface area contributed by atoms with Gasteiger partial charge >= 0.3 is 0 Å². The van der Waals surface area contributed by atoms with Gasteiger partial charge in [-0.3, -0.25) is 9.59 Å². The molecule has 0 bridgehead atoms. The zero-order valence-electron chi connectivity index (χ0n) is 22.1. The molecule has 11 nitrogen and oxygen atoms in total. The summed E-state index contributed by atoms with van der Waals surface area (Å²) in [7, 11) is 0. The molecule has 0 unspecified atom stereocenters. The van der Waals surface area contributed by atoms with Crippen molar-refractivity contribution in [2.24, 2.45) is 0 Å². The Balaban J connectivity index is 1.08. The number of halogens is 1. The van der Waals surface area contributed by atoms with E-state index < -0.39 is 23.0 Å². The number of benzene rings is 1. The number of carbonyl (C=O) groups excluding carboxylic acids is 2. The van der Waals surface area contributed by atoms with Crippen molar-refractivity contribution in [1.82, 2.24) is 39.8 Å². The molecular formula is C29H22FN9O2S. The van der Waals surface area contributed by atoms with Crippen LogP contribution in [0, 0.1) is 5.82 Å². The van der Waals surface area contributed by atoms with Crippen molar-refractivity contribution >= 4 is 50.0 Å². The van der Waals surface area contributed by atoms with Crippen molar-refractivity contribution in [3.05, 3.63) is 78.9 Å². The second-order valence-electron chi connectivity index (χ2n) is 10.5. The standard InChI is InChI=1S/C29H22FN9O2S/c30-19-14-32-26(39-9-8-35-36-39)23-22(19)18(13-31-23)24(40)28(41)38-11-10-37(15-29(38)6-7-29)27-25-20(33-16-34-27)12-21(42-25)17-4-2-1-3-5-17/h1-5,8-9,12-14,16,31H,6-7,10-11,15H2. The minimum absolute atomic E-state index is 0.00706. The Hall–Kier alpha value is -5.04. The van der Waals surface area contributed by atoms with Crippen LogP contribution in [0.25, 0.3) is 37.4 Å². The van der Waals surface area contributed by atoms with Gasteiger partial charge in [0.2, 0.25) is 0 Å². The molecule has 6 heterocycles. The van der Waals surface area contributed by atoms with Crippen LogP contribution in [-0.4, -0.2) is 76.7 Å². The highest BCUT2D eigenvalue weighted by Gasteiger charge is 2.54. The number of Topliss-reactive ketones (excluding diaryl/α,β-unsaturated/α-hetero) is 1. The van der Waals surface area contributed by atoms with E-state index in [2.05, 4.69) is 53.3 Å². The number of anilines is 1. The fraction of sp³-hybridized carbons (Fsp3) is 0.207. The van der Waals surface area contributed by atoms with Crippen molar-refractivity contribution in [2.75, 3.05) is 24.5 Å². The zero-order valence-corrected chi connectivity index (χ0v) is 22.9. The summed E-state index contributed by atoms with van der Waals surface area (Å²) >= 11 is 1.65. The molecule has 1 aliphatic heterocycles. The highest BCUT2D eigenvalue weighted by atomic mass is 32.1. The number of rotatable bonds is 5. The molecule has 2 aliphatic rings. The van der Waals surface area contributed by atoms with Crippen LogP contribution >= 0.6 is 11.3 Å². The van der Waals surface area contributed by atoms with Gasteiger partial charge in [-0.05, 0) is 24.5 Å². The number of nitrogens with zero attached hydrogens (tertiary/aromatic N) is 8. The molecule has 1 spiro atoms. The number of H-pyrrole nitrogens is 1. The number of aromatic nitrogens is 7. The van der Waals surface area contributed by atoms with E-state index in [9.17, 15) is 14.0 Å². The van der Waals surface area contributed by atoms with Crippen LogP contribution in [0.4, 0.5) is 10.2 Å². The number of hydrogen-bond donors (Lipinski definition) is 1. The molecule has 6 aromatic rings. The number of thiophene rings is 1.